The maximum absolute atomic E-state index is 13.8. The third kappa shape index (κ3) is 7.08. The van der Waals surface area contributed by atoms with E-state index < -0.39 is 16.1 Å². The number of hydrogen-bond donors (Lipinski definition) is 2. The van der Waals surface area contributed by atoms with Gasteiger partial charge in [-0.3, -0.25) is 4.79 Å². The number of nitrogens with zero attached hydrogens (tertiary/aromatic N) is 2. The second-order valence-corrected chi connectivity index (χ2v) is 12.6. The van der Waals surface area contributed by atoms with E-state index in [1.807, 2.05) is 79.0 Å². The van der Waals surface area contributed by atoms with Gasteiger partial charge in [0.05, 0.1) is 19.2 Å². The van der Waals surface area contributed by atoms with Crippen molar-refractivity contribution < 1.29 is 17.9 Å². The van der Waals surface area contributed by atoms with Gasteiger partial charge in [-0.05, 0) is 66.4 Å². The largest absolute Gasteiger partial charge is 0.497 e. The fourth-order valence-corrected chi connectivity index (χ4v) is 7.14. The van der Waals surface area contributed by atoms with Crippen molar-refractivity contribution >= 4 is 44.3 Å². The number of ether oxygens (including phenoxy) is 1. The van der Waals surface area contributed by atoms with Gasteiger partial charge >= 0.3 is 0 Å². The molecule has 1 aromatic heterocycles. The molecule has 0 saturated carbocycles. The first-order valence-corrected chi connectivity index (χ1v) is 15.9. The first-order valence-electron chi connectivity index (χ1n) is 13.5. The number of rotatable bonds is 10. The van der Waals surface area contributed by atoms with E-state index in [2.05, 4.69) is 19.8 Å². The van der Waals surface area contributed by atoms with Gasteiger partial charge in [0.2, 0.25) is 15.9 Å². The third-order valence-corrected chi connectivity index (χ3v) is 9.58. The van der Waals surface area contributed by atoms with Crippen LogP contribution in [0.5, 0.6) is 5.75 Å². The maximum atomic E-state index is 13.8. The molecule has 1 amide bonds. The van der Waals surface area contributed by atoms with Crippen LogP contribution in [0.2, 0.25) is 0 Å². The van der Waals surface area contributed by atoms with Crippen molar-refractivity contribution in [2.24, 2.45) is 0 Å². The Hall–Kier alpha value is -3.86. The maximum Gasteiger partial charge on any atom is 0.243 e. The molecule has 1 unspecified atom stereocenters. The van der Waals surface area contributed by atoms with Crippen LogP contribution in [0, 0.1) is 0 Å². The standard InChI is InChI=1S/C31H34N4O4S2/c1-23(24-7-4-3-5-8-24)33-41(37,38)30-21-25(32-31(36)22-28-9-6-20-40-28)10-15-29(30)35-18-16-34(17-19-35)26-11-13-27(39-2)14-12-26/h3-15,20-21,23,33H,16-19,22H2,1-2H3,(H,32,36). The highest BCUT2D eigenvalue weighted by Crippen LogP contribution is 2.32. The summed E-state index contributed by atoms with van der Waals surface area (Å²) in [5.41, 5.74) is 3.02. The molecule has 1 fully saturated rings. The molecule has 1 saturated heterocycles. The highest BCUT2D eigenvalue weighted by atomic mass is 32.2. The summed E-state index contributed by atoms with van der Waals surface area (Å²) in [6.45, 7) is 4.59. The molecule has 1 atom stereocenters. The average molecular weight is 591 g/mol. The predicted octanol–water partition coefficient (Wildman–Crippen LogP) is 5.30. The normalized spacial score (nSPS) is 14.5. The van der Waals surface area contributed by atoms with Crippen LogP contribution in [0.3, 0.4) is 0 Å². The molecule has 10 heteroatoms. The quantitative estimate of drug-likeness (QED) is 0.260. The minimum Gasteiger partial charge on any atom is -0.497 e. The number of hydrogen-bond acceptors (Lipinski definition) is 7. The van der Waals surface area contributed by atoms with Gasteiger partial charge < -0.3 is 19.9 Å². The molecule has 3 aromatic carbocycles. The first kappa shape index (κ1) is 28.7. The van der Waals surface area contributed by atoms with E-state index in [0.29, 0.717) is 24.5 Å². The van der Waals surface area contributed by atoms with Gasteiger partial charge in [-0.15, -0.1) is 11.3 Å². The molecule has 4 aromatic rings. The Labute approximate surface area is 245 Å². The van der Waals surface area contributed by atoms with Crippen LogP contribution in [0.4, 0.5) is 17.1 Å². The molecule has 41 heavy (non-hydrogen) atoms. The molecular formula is C31H34N4O4S2. The van der Waals surface area contributed by atoms with Crippen LogP contribution in [-0.2, 0) is 21.2 Å². The lowest BCUT2D eigenvalue weighted by Crippen LogP contribution is -2.47. The summed E-state index contributed by atoms with van der Waals surface area (Å²) in [5.74, 6) is 0.615. The minimum atomic E-state index is -3.94. The zero-order valence-electron chi connectivity index (χ0n) is 23.1. The van der Waals surface area contributed by atoms with Gasteiger partial charge in [-0.2, -0.15) is 0 Å². The van der Waals surface area contributed by atoms with Crippen LogP contribution in [0.15, 0.2) is 95.2 Å². The van der Waals surface area contributed by atoms with Gasteiger partial charge in [0.15, 0.2) is 0 Å². The molecule has 0 radical (unpaired) electrons. The van der Waals surface area contributed by atoms with E-state index in [4.69, 9.17) is 4.74 Å². The lowest BCUT2D eigenvalue weighted by molar-refractivity contribution is -0.115. The summed E-state index contributed by atoms with van der Waals surface area (Å²) in [6, 6.07) is 25.9. The Balaban J connectivity index is 1.38. The Kier molecular flexibility index (Phi) is 8.92. The molecular weight excluding hydrogens is 556 g/mol. The first-order chi connectivity index (χ1) is 19.8. The molecule has 0 spiro atoms. The molecule has 5 rings (SSSR count). The fourth-order valence-electron chi connectivity index (χ4n) is 4.95. The molecule has 2 heterocycles. The van der Waals surface area contributed by atoms with Crippen molar-refractivity contribution in [1.29, 1.82) is 0 Å². The number of methoxy groups -OCH3 is 1. The van der Waals surface area contributed by atoms with Crippen molar-refractivity contribution in [2.45, 2.75) is 24.3 Å². The predicted molar refractivity (Wildman–Crippen MR) is 166 cm³/mol. The number of piperazine rings is 1. The van der Waals surface area contributed by atoms with Crippen molar-refractivity contribution in [1.82, 2.24) is 4.72 Å². The molecule has 214 valence electrons. The van der Waals surface area contributed by atoms with Gasteiger partial charge in [0.25, 0.3) is 0 Å². The van der Waals surface area contributed by atoms with Crippen LogP contribution in [-0.4, -0.2) is 47.6 Å². The van der Waals surface area contributed by atoms with Crippen molar-refractivity contribution in [3.05, 3.63) is 101 Å². The number of nitrogens with one attached hydrogen (secondary N) is 2. The molecule has 0 bridgehead atoms. The van der Waals surface area contributed by atoms with E-state index in [-0.39, 0.29) is 17.2 Å². The number of benzene rings is 3. The highest BCUT2D eigenvalue weighted by Gasteiger charge is 2.27. The molecule has 1 aliphatic rings. The Morgan fingerprint density at radius 1 is 0.927 bits per heavy atom. The lowest BCUT2D eigenvalue weighted by Gasteiger charge is -2.38. The van der Waals surface area contributed by atoms with Crippen LogP contribution < -0.4 is 24.6 Å². The minimum absolute atomic E-state index is 0.145. The van der Waals surface area contributed by atoms with E-state index in [9.17, 15) is 13.2 Å². The van der Waals surface area contributed by atoms with E-state index in [1.165, 1.54) is 11.3 Å². The number of carbonyl (C=O) groups is 1. The zero-order chi connectivity index (χ0) is 28.8. The van der Waals surface area contributed by atoms with Gasteiger partial charge in [-0.25, -0.2) is 13.1 Å². The summed E-state index contributed by atoms with van der Waals surface area (Å²) in [6.07, 6.45) is 0.234. The number of carbonyl (C=O) groups excluding carboxylic acids is 1. The Morgan fingerprint density at radius 2 is 1.63 bits per heavy atom. The number of amides is 1. The average Bonchev–Trinajstić information content (AvgIpc) is 3.50. The molecule has 2 N–H and O–H groups in total. The second kappa shape index (κ2) is 12.8. The molecule has 0 aliphatic carbocycles. The smallest absolute Gasteiger partial charge is 0.243 e. The summed E-state index contributed by atoms with van der Waals surface area (Å²) in [5, 5.41) is 4.81. The van der Waals surface area contributed by atoms with Gasteiger partial charge in [0.1, 0.15) is 10.6 Å². The second-order valence-electron chi connectivity index (χ2n) is 9.91. The van der Waals surface area contributed by atoms with E-state index in [0.717, 1.165) is 35.0 Å². The fraction of sp³-hybridized carbons (Fsp3) is 0.258. The summed E-state index contributed by atoms with van der Waals surface area (Å²) in [4.78, 5) is 18.2. The lowest BCUT2D eigenvalue weighted by atomic mass is 10.1. The van der Waals surface area contributed by atoms with E-state index in [1.54, 1.807) is 25.3 Å². The SMILES string of the molecule is COc1ccc(N2CCN(c3ccc(NC(=O)Cc4cccs4)cc3S(=O)(=O)NC(C)c3ccccc3)CC2)cc1. The van der Waals surface area contributed by atoms with Gasteiger partial charge in [-0.1, -0.05) is 36.4 Å². The zero-order valence-corrected chi connectivity index (χ0v) is 24.8. The van der Waals surface area contributed by atoms with Crippen molar-refractivity contribution in [3.8, 4) is 5.75 Å². The van der Waals surface area contributed by atoms with Crippen molar-refractivity contribution in [3.63, 3.8) is 0 Å². The van der Waals surface area contributed by atoms with Crippen LogP contribution in [0.1, 0.15) is 23.4 Å². The van der Waals surface area contributed by atoms with Gasteiger partial charge in [0, 0.05) is 48.5 Å². The Morgan fingerprint density at radius 3 is 2.29 bits per heavy atom. The van der Waals surface area contributed by atoms with E-state index >= 15 is 0 Å². The third-order valence-electron chi connectivity index (χ3n) is 7.14. The summed E-state index contributed by atoms with van der Waals surface area (Å²) in [7, 11) is -2.29. The van der Waals surface area contributed by atoms with Crippen LogP contribution in [0.25, 0.3) is 0 Å². The van der Waals surface area contributed by atoms with Crippen molar-refractivity contribution in [2.75, 3.05) is 48.4 Å². The summed E-state index contributed by atoms with van der Waals surface area (Å²) < 4.78 is 35.8. The molecule has 1 aliphatic heterocycles. The number of thiophene rings is 1. The summed E-state index contributed by atoms with van der Waals surface area (Å²) >= 11 is 1.51. The molecule has 8 nitrogen and oxygen atoms in total. The number of sulfonamides is 1. The van der Waals surface area contributed by atoms with Crippen LogP contribution >= 0.6 is 11.3 Å². The highest BCUT2D eigenvalue weighted by molar-refractivity contribution is 7.89. The Bertz CT molecular complexity index is 1550. The number of anilines is 3. The topological polar surface area (TPSA) is 91.0 Å². The monoisotopic (exact) mass is 590 g/mol.